The minimum Gasteiger partial charge on any atom is -0.497 e. The Morgan fingerprint density at radius 3 is 2.71 bits per heavy atom. The van der Waals surface area contributed by atoms with E-state index in [4.69, 9.17) is 14.5 Å². The van der Waals surface area contributed by atoms with Crippen LogP contribution in [0.4, 0.5) is 0 Å². The summed E-state index contributed by atoms with van der Waals surface area (Å²) in [5.41, 5.74) is 3.44. The molecule has 7 nitrogen and oxygen atoms in total. The fourth-order valence-electron chi connectivity index (χ4n) is 3.49. The maximum Gasteiger partial charge on any atom is 0.255 e. The van der Waals surface area contributed by atoms with E-state index in [1.54, 1.807) is 26.6 Å². The molecule has 0 aliphatic carbocycles. The summed E-state index contributed by atoms with van der Waals surface area (Å²) in [5, 5.41) is 0. The number of methoxy groups -OCH3 is 2. The van der Waals surface area contributed by atoms with Crippen molar-refractivity contribution in [1.82, 2.24) is 19.9 Å². The van der Waals surface area contributed by atoms with E-state index in [0.717, 1.165) is 46.8 Å². The van der Waals surface area contributed by atoms with E-state index in [0.29, 0.717) is 18.9 Å². The summed E-state index contributed by atoms with van der Waals surface area (Å²) < 4.78 is 10.8. The van der Waals surface area contributed by atoms with Gasteiger partial charge >= 0.3 is 0 Å². The first kappa shape index (κ1) is 18.2. The molecule has 3 heterocycles. The van der Waals surface area contributed by atoms with Crippen LogP contribution in [-0.4, -0.2) is 40.6 Å². The van der Waals surface area contributed by atoms with Crippen molar-refractivity contribution >= 4 is 0 Å². The Bertz CT molecular complexity index is 1030. The minimum atomic E-state index is -0.0804. The molecule has 1 aromatic carbocycles. The van der Waals surface area contributed by atoms with Crippen LogP contribution in [0, 0.1) is 0 Å². The third-order valence-electron chi connectivity index (χ3n) is 4.99. The van der Waals surface area contributed by atoms with Gasteiger partial charge in [0, 0.05) is 55.6 Å². The molecular weight excluding hydrogens is 356 g/mol. The number of ether oxygens (including phenoxy) is 2. The highest BCUT2D eigenvalue weighted by molar-refractivity contribution is 5.54. The lowest BCUT2D eigenvalue weighted by atomic mass is 10.0. The second kappa shape index (κ2) is 7.82. The zero-order valence-electron chi connectivity index (χ0n) is 15.9. The summed E-state index contributed by atoms with van der Waals surface area (Å²) >= 11 is 0. The number of nitrogens with one attached hydrogen (secondary N) is 1. The Balaban J connectivity index is 1.57. The van der Waals surface area contributed by atoms with Crippen molar-refractivity contribution in [2.75, 3.05) is 20.8 Å². The first-order valence-corrected chi connectivity index (χ1v) is 9.13. The van der Waals surface area contributed by atoms with Crippen LogP contribution in [0.15, 0.2) is 47.5 Å². The standard InChI is InChI=1S/C21H22N4O3/c1-27-16-4-3-15(19(11-16)28-2)12-25-10-7-18-17(13-25)21(26)24-20(23-18)14-5-8-22-9-6-14/h3-6,8-9,11H,7,10,12-13H2,1-2H3,(H,23,24,26). The number of H-pyrrole nitrogens is 1. The van der Waals surface area contributed by atoms with E-state index < -0.39 is 0 Å². The number of hydrogen-bond acceptors (Lipinski definition) is 6. The number of rotatable bonds is 5. The molecule has 0 saturated heterocycles. The van der Waals surface area contributed by atoms with E-state index in [-0.39, 0.29) is 5.56 Å². The van der Waals surface area contributed by atoms with Crippen molar-refractivity contribution in [3.63, 3.8) is 0 Å². The molecule has 3 aromatic rings. The Hall–Kier alpha value is -3.19. The van der Waals surface area contributed by atoms with E-state index in [1.165, 1.54) is 0 Å². The van der Waals surface area contributed by atoms with E-state index >= 15 is 0 Å². The largest absolute Gasteiger partial charge is 0.497 e. The Labute approximate surface area is 163 Å². The van der Waals surface area contributed by atoms with Gasteiger partial charge in [-0.1, -0.05) is 6.07 Å². The van der Waals surface area contributed by atoms with Crippen molar-refractivity contribution in [3.05, 3.63) is 69.9 Å². The highest BCUT2D eigenvalue weighted by Gasteiger charge is 2.22. The normalized spacial score (nSPS) is 13.8. The van der Waals surface area contributed by atoms with Crippen LogP contribution >= 0.6 is 0 Å². The number of aromatic nitrogens is 3. The zero-order valence-corrected chi connectivity index (χ0v) is 15.9. The fraction of sp³-hybridized carbons (Fsp3) is 0.286. The Morgan fingerprint density at radius 2 is 1.96 bits per heavy atom. The molecule has 0 saturated carbocycles. The van der Waals surface area contributed by atoms with Crippen LogP contribution in [0.5, 0.6) is 11.5 Å². The topological polar surface area (TPSA) is 80.3 Å². The van der Waals surface area contributed by atoms with Crippen LogP contribution in [0.1, 0.15) is 16.8 Å². The van der Waals surface area contributed by atoms with E-state index in [9.17, 15) is 4.79 Å². The predicted molar refractivity (Wildman–Crippen MR) is 105 cm³/mol. The maximum absolute atomic E-state index is 12.7. The molecule has 144 valence electrons. The number of aromatic amines is 1. The number of nitrogens with zero attached hydrogens (tertiary/aromatic N) is 3. The van der Waals surface area contributed by atoms with Gasteiger partial charge in [-0.3, -0.25) is 14.7 Å². The molecule has 28 heavy (non-hydrogen) atoms. The molecule has 4 rings (SSSR count). The minimum absolute atomic E-state index is 0.0804. The molecule has 7 heteroatoms. The van der Waals surface area contributed by atoms with Gasteiger partial charge in [-0.25, -0.2) is 4.98 Å². The van der Waals surface area contributed by atoms with Crippen molar-refractivity contribution in [1.29, 1.82) is 0 Å². The summed E-state index contributed by atoms with van der Waals surface area (Å²) in [5.74, 6) is 2.13. The smallest absolute Gasteiger partial charge is 0.255 e. The molecule has 0 amide bonds. The van der Waals surface area contributed by atoms with Gasteiger partial charge in [0.25, 0.3) is 5.56 Å². The van der Waals surface area contributed by atoms with E-state index in [2.05, 4.69) is 14.9 Å². The third kappa shape index (κ3) is 3.61. The monoisotopic (exact) mass is 378 g/mol. The predicted octanol–water partition coefficient (Wildman–Crippen LogP) is 2.41. The molecule has 1 aliphatic heterocycles. The maximum atomic E-state index is 12.7. The van der Waals surface area contributed by atoms with Crippen LogP contribution < -0.4 is 15.0 Å². The SMILES string of the molecule is COc1ccc(CN2CCc3nc(-c4ccncc4)[nH]c(=O)c3C2)c(OC)c1. The third-order valence-corrected chi connectivity index (χ3v) is 4.99. The lowest BCUT2D eigenvalue weighted by Gasteiger charge is -2.28. The molecule has 2 aromatic heterocycles. The first-order valence-electron chi connectivity index (χ1n) is 9.13. The number of hydrogen-bond donors (Lipinski definition) is 1. The molecule has 0 unspecified atom stereocenters. The first-order chi connectivity index (χ1) is 13.7. The Kier molecular flexibility index (Phi) is 5.08. The Morgan fingerprint density at radius 1 is 1.14 bits per heavy atom. The van der Waals surface area contributed by atoms with Crippen LogP contribution in [0.25, 0.3) is 11.4 Å². The van der Waals surface area contributed by atoms with Crippen LogP contribution in [-0.2, 0) is 19.5 Å². The summed E-state index contributed by atoms with van der Waals surface area (Å²) in [6.07, 6.45) is 4.12. The molecule has 1 aliphatic rings. The summed E-state index contributed by atoms with van der Waals surface area (Å²) in [7, 11) is 3.29. The van der Waals surface area contributed by atoms with Crippen molar-refractivity contribution in [2.24, 2.45) is 0 Å². The second-order valence-corrected chi connectivity index (χ2v) is 6.71. The van der Waals surface area contributed by atoms with Crippen molar-refractivity contribution in [2.45, 2.75) is 19.5 Å². The molecule has 0 bridgehead atoms. The molecule has 0 spiro atoms. The average Bonchev–Trinajstić information content (AvgIpc) is 2.75. The number of benzene rings is 1. The summed E-state index contributed by atoms with van der Waals surface area (Å²) in [4.78, 5) is 26.5. The number of pyridine rings is 1. The summed E-state index contributed by atoms with van der Waals surface area (Å²) in [6, 6.07) is 9.49. The highest BCUT2D eigenvalue weighted by atomic mass is 16.5. The van der Waals surface area contributed by atoms with Gasteiger partial charge in [-0.15, -0.1) is 0 Å². The van der Waals surface area contributed by atoms with Gasteiger partial charge in [0.2, 0.25) is 0 Å². The molecule has 0 atom stereocenters. The average molecular weight is 378 g/mol. The second-order valence-electron chi connectivity index (χ2n) is 6.71. The summed E-state index contributed by atoms with van der Waals surface area (Å²) in [6.45, 7) is 2.08. The lowest BCUT2D eigenvalue weighted by molar-refractivity contribution is 0.238. The van der Waals surface area contributed by atoms with Gasteiger partial charge in [0.15, 0.2) is 0 Å². The van der Waals surface area contributed by atoms with Gasteiger partial charge in [0.1, 0.15) is 17.3 Å². The molecular formula is C21H22N4O3. The van der Waals surface area contributed by atoms with Gasteiger partial charge in [-0.05, 0) is 18.2 Å². The van der Waals surface area contributed by atoms with Crippen LogP contribution in [0.2, 0.25) is 0 Å². The van der Waals surface area contributed by atoms with Crippen LogP contribution in [0.3, 0.4) is 0 Å². The van der Waals surface area contributed by atoms with Crippen molar-refractivity contribution < 1.29 is 9.47 Å². The van der Waals surface area contributed by atoms with E-state index in [1.807, 2.05) is 30.3 Å². The molecule has 1 N–H and O–H groups in total. The molecule has 0 fully saturated rings. The number of fused-ring (bicyclic) bond motifs is 1. The van der Waals surface area contributed by atoms with Gasteiger partial charge < -0.3 is 14.5 Å². The van der Waals surface area contributed by atoms with Crippen molar-refractivity contribution in [3.8, 4) is 22.9 Å². The highest BCUT2D eigenvalue weighted by Crippen LogP contribution is 2.27. The van der Waals surface area contributed by atoms with Gasteiger partial charge in [-0.2, -0.15) is 0 Å². The quantitative estimate of drug-likeness (QED) is 0.734. The fourth-order valence-corrected chi connectivity index (χ4v) is 3.49. The zero-order chi connectivity index (χ0) is 19.5. The van der Waals surface area contributed by atoms with Gasteiger partial charge in [0.05, 0.1) is 25.5 Å². The lowest BCUT2D eigenvalue weighted by Crippen LogP contribution is -2.35. The molecule has 0 radical (unpaired) electrons.